The van der Waals surface area contributed by atoms with Crippen molar-refractivity contribution in [2.45, 2.75) is 114 Å². The summed E-state index contributed by atoms with van der Waals surface area (Å²) in [7, 11) is -1.42. The third kappa shape index (κ3) is 7.69. The third-order valence-corrected chi connectivity index (χ3v) is 23.5. The summed E-state index contributed by atoms with van der Waals surface area (Å²) < 4.78 is 7.31. The standard InChI is InChI=1S/C18H42GeOSi/c1-7-13-16-19(17-14-8-2,18-15-9-3)20-21(10-4,11-5)12-6/h7-18H2,1-6H3. The molecule has 0 amide bonds. The molecule has 0 unspecified atom stereocenters. The van der Waals surface area contributed by atoms with E-state index in [1.165, 1.54) is 72.4 Å². The SMILES string of the molecule is CCC[CH2][Ge]([CH2]CCC)([CH2]CCC)[O][Si](CC)(CC)CC. The summed E-state index contributed by atoms with van der Waals surface area (Å²) in [6.07, 6.45) is 8.26. The van der Waals surface area contributed by atoms with Crippen LogP contribution in [0.1, 0.15) is 80.1 Å². The van der Waals surface area contributed by atoms with Gasteiger partial charge in [0.15, 0.2) is 0 Å². The molecular weight excluding hydrogens is 333 g/mol. The van der Waals surface area contributed by atoms with Crippen LogP contribution in [0.2, 0.25) is 33.9 Å². The summed E-state index contributed by atoms with van der Waals surface area (Å²) in [5, 5.41) is 4.43. The molecule has 0 atom stereocenters. The zero-order chi connectivity index (χ0) is 16.2. The van der Waals surface area contributed by atoms with Crippen LogP contribution in [0.3, 0.4) is 0 Å². The van der Waals surface area contributed by atoms with E-state index in [1.54, 1.807) is 0 Å². The van der Waals surface area contributed by atoms with Crippen molar-refractivity contribution in [3.8, 4) is 0 Å². The van der Waals surface area contributed by atoms with Gasteiger partial charge in [0, 0.05) is 0 Å². The molecule has 0 bridgehead atoms. The van der Waals surface area contributed by atoms with Crippen LogP contribution in [0.4, 0.5) is 0 Å². The average Bonchev–Trinajstić information content (AvgIpc) is 2.54. The van der Waals surface area contributed by atoms with Gasteiger partial charge < -0.3 is 0 Å². The molecule has 0 aromatic heterocycles. The second-order valence-electron chi connectivity index (χ2n) is 6.84. The molecule has 0 saturated carbocycles. The first-order chi connectivity index (χ1) is 10.1. The predicted molar refractivity (Wildman–Crippen MR) is 103 cm³/mol. The Hall–Kier alpha value is 0.720. The maximum absolute atomic E-state index is 7.31. The summed E-state index contributed by atoms with van der Waals surface area (Å²) in [5.41, 5.74) is 0. The molecule has 0 spiro atoms. The molecule has 0 rings (SSSR count). The van der Waals surface area contributed by atoms with E-state index >= 15 is 0 Å². The summed E-state index contributed by atoms with van der Waals surface area (Å²) in [6, 6.07) is 3.99. The van der Waals surface area contributed by atoms with Crippen LogP contribution in [0.15, 0.2) is 0 Å². The Balaban J connectivity index is 5.17. The zero-order valence-electron chi connectivity index (χ0n) is 15.9. The molecule has 0 radical (unpaired) electrons. The van der Waals surface area contributed by atoms with Crippen molar-refractivity contribution in [3.63, 3.8) is 0 Å². The molecule has 0 aromatic carbocycles. The van der Waals surface area contributed by atoms with Crippen LogP contribution in [-0.2, 0) is 3.45 Å². The summed E-state index contributed by atoms with van der Waals surface area (Å²) in [4.78, 5) is 0. The first kappa shape index (κ1) is 21.7. The van der Waals surface area contributed by atoms with E-state index in [1.807, 2.05) is 0 Å². The van der Waals surface area contributed by atoms with Crippen LogP contribution in [-0.4, -0.2) is 21.9 Å². The van der Waals surface area contributed by atoms with Crippen LogP contribution in [0, 0.1) is 0 Å². The number of unbranched alkanes of at least 4 members (excludes halogenated alkanes) is 3. The molecule has 0 aliphatic rings. The van der Waals surface area contributed by atoms with Crippen molar-refractivity contribution in [2.24, 2.45) is 0 Å². The molecular formula is C18H42GeOSi. The fourth-order valence-corrected chi connectivity index (χ4v) is 24.9. The second-order valence-corrected chi connectivity index (χ2v) is 20.9. The first-order valence-corrected chi connectivity index (χ1v) is 17.6. The van der Waals surface area contributed by atoms with Crippen molar-refractivity contribution >= 4 is 21.9 Å². The van der Waals surface area contributed by atoms with Gasteiger partial charge in [0.25, 0.3) is 0 Å². The number of hydrogen-bond acceptors (Lipinski definition) is 1. The van der Waals surface area contributed by atoms with E-state index in [2.05, 4.69) is 41.5 Å². The molecule has 0 heterocycles. The van der Waals surface area contributed by atoms with E-state index in [9.17, 15) is 0 Å². The Labute approximate surface area is 139 Å². The molecule has 0 saturated heterocycles. The average molecular weight is 375 g/mol. The zero-order valence-corrected chi connectivity index (χ0v) is 19.0. The predicted octanol–water partition coefficient (Wildman–Crippen LogP) is 7.35. The molecule has 0 aromatic rings. The Bertz CT molecular complexity index is 211. The van der Waals surface area contributed by atoms with Gasteiger partial charge in [-0.2, -0.15) is 0 Å². The van der Waals surface area contributed by atoms with Crippen molar-refractivity contribution in [1.29, 1.82) is 0 Å². The Morgan fingerprint density at radius 3 is 1.19 bits per heavy atom. The van der Waals surface area contributed by atoms with E-state index in [0.29, 0.717) is 0 Å². The minimum absolute atomic E-state index is 1.33. The molecule has 1 nitrogen and oxygen atoms in total. The molecule has 0 aliphatic heterocycles. The third-order valence-electron chi connectivity index (χ3n) is 5.32. The van der Waals surface area contributed by atoms with E-state index < -0.39 is 21.9 Å². The van der Waals surface area contributed by atoms with Crippen molar-refractivity contribution in [3.05, 3.63) is 0 Å². The van der Waals surface area contributed by atoms with E-state index in [4.69, 9.17) is 3.45 Å². The van der Waals surface area contributed by atoms with E-state index in [-0.39, 0.29) is 0 Å². The van der Waals surface area contributed by atoms with Gasteiger partial charge >= 0.3 is 139 Å². The van der Waals surface area contributed by atoms with Gasteiger partial charge in [-0.25, -0.2) is 0 Å². The topological polar surface area (TPSA) is 9.23 Å². The molecule has 0 N–H and O–H groups in total. The van der Waals surface area contributed by atoms with Crippen LogP contribution < -0.4 is 0 Å². The van der Waals surface area contributed by atoms with Gasteiger partial charge in [-0.15, -0.1) is 0 Å². The summed E-state index contributed by atoms with van der Waals surface area (Å²) in [6.45, 7) is 14.2. The summed E-state index contributed by atoms with van der Waals surface area (Å²) >= 11 is -2.09. The fourth-order valence-electron chi connectivity index (χ4n) is 3.45. The maximum atomic E-state index is 7.31. The fraction of sp³-hybridized carbons (Fsp3) is 1.00. The van der Waals surface area contributed by atoms with Gasteiger partial charge in [0.2, 0.25) is 0 Å². The minimum atomic E-state index is -2.09. The monoisotopic (exact) mass is 376 g/mol. The van der Waals surface area contributed by atoms with Gasteiger partial charge in [0.1, 0.15) is 0 Å². The van der Waals surface area contributed by atoms with Gasteiger partial charge in [-0.1, -0.05) is 0 Å². The molecule has 0 aliphatic carbocycles. The van der Waals surface area contributed by atoms with Gasteiger partial charge in [-0.05, 0) is 0 Å². The molecule has 128 valence electrons. The molecule has 3 heteroatoms. The van der Waals surface area contributed by atoms with Gasteiger partial charge in [-0.3, -0.25) is 0 Å². The Morgan fingerprint density at radius 1 is 0.619 bits per heavy atom. The molecule has 21 heavy (non-hydrogen) atoms. The van der Waals surface area contributed by atoms with Crippen LogP contribution >= 0.6 is 0 Å². The normalized spacial score (nSPS) is 12.9. The van der Waals surface area contributed by atoms with Crippen molar-refractivity contribution in [1.82, 2.24) is 0 Å². The van der Waals surface area contributed by atoms with Crippen molar-refractivity contribution < 1.29 is 3.45 Å². The van der Waals surface area contributed by atoms with Crippen molar-refractivity contribution in [2.75, 3.05) is 0 Å². The second kappa shape index (κ2) is 12.2. The number of rotatable bonds is 14. The first-order valence-electron chi connectivity index (χ1n) is 9.77. The van der Waals surface area contributed by atoms with Gasteiger partial charge in [0.05, 0.1) is 0 Å². The summed E-state index contributed by atoms with van der Waals surface area (Å²) in [5.74, 6) is 0. The van der Waals surface area contributed by atoms with Crippen LogP contribution in [0.5, 0.6) is 0 Å². The quantitative estimate of drug-likeness (QED) is 0.288. The Morgan fingerprint density at radius 2 is 0.952 bits per heavy atom. The molecule has 0 fully saturated rings. The van der Waals surface area contributed by atoms with Crippen LogP contribution in [0.25, 0.3) is 0 Å². The van der Waals surface area contributed by atoms with E-state index in [0.717, 1.165) is 0 Å². The number of hydrogen-bond donors (Lipinski definition) is 0. The Kier molecular flexibility index (Phi) is 12.6.